The van der Waals surface area contributed by atoms with E-state index in [1.165, 1.54) is 11.3 Å². The fourth-order valence-electron chi connectivity index (χ4n) is 2.42. The van der Waals surface area contributed by atoms with Crippen LogP contribution >= 0.6 is 11.3 Å². The first-order chi connectivity index (χ1) is 10.9. The van der Waals surface area contributed by atoms with Gasteiger partial charge in [-0.3, -0.25) is 14.6 Å². The summed E-state index contributed by atoms with van der Waals surface area (Å²) in [5.41, 5.74) is 1.27. The third kappa shape index (κ3) is 2.57. The van der Waals surface area contributed by atoms with Gasteiger partial charge in [0.25, 0.3) is 5.91 Å². The van der Waals surface area contributed by atoms with Gasteiger partial charge >= 0.3 is 5.97 Å². The lowest BCUT2D eigenvalue weighted by molar-refractivity contribution is -0.135. The van der Waals surface area contributed by atoms with Crippen LogP contribution in [0.5, 0.6) is 5.75 Å². The maximum Gasteiger partial charge on any atom is 0.322 e. The van der Waals surface area contributed by atoms with Crippen molar-refractivity contribution in [3.63, 3.8) is 0 Å². The Morgan fingerprint density at radius 2 is 2.09 bits per heavy atom. The van der Waals surface area contributed by atoms with Crippen molar-refractivity contribution in [1.82, 2.24) is 15.3 Å². The van der Waals surface area contributed by atoms with Gasteiger partial charge in [0, 0.05) is 28.4 Å². The Balaban J connectivity index is 2.20. The van der Waals surface area contributed by atoms with Crippen LogP contribution in [-0.4, -0.2) is 38.6 Å². The van der Waals surface area contributed by atoms with Gasteiger partial charge in [0.05, 0.1) is 9.40 Å². The van der Waals surface area contributed by atoms with Crippen LogP contribution in [0.1, 0.15) is 21.9 Å². The van der Waals surface area contributed by atoms with Gasteiger partial charge < -0.3 is 15.5 Å². The minimum atomic E-state index is -1.17. The fourth-order valence-corrected chi connectivity index (χ4v) is 3.56. The Bertz CT molecular complexity index is 964. The number of carboxylic acid groups (broad SMARTS) is 1. The second kappa shape index (κ2) is 5.47. The highest BCUT2D eigenvalue weighted by Gasteiger charge is 2.21. The second-order valence-electron chi connectivity index (χ2n) is 5.10. The number of aromatic hydroxyl groups is 1. The number of aryl methyl sites for hydroxylation is 2. The van der Waals surface area contributed by atoms with Crippen LogP contribution in [-0.2, 0) is 4.79 Å². The summed E-state index contributed by atoms with van der Waals surface area (Å²) in [4.78, 5) is 31.0. The first kappa shape index (κ1) is 15.2. The van der Waals surface area contributed by atoms with E-state index in [9.17, 15) is 14.7 Å². The Labute approximate surface area is 134 Å². The number of hydrogen-bond donors (Lipinski definition) is 3. The molecule has 3 rings (SSSR count). The molecule has 23 heavy (non-hydrogen) atoms. The van der Waals surface area contributed by atoms with E-state index in [1.54, 1.807) is 13.1 Å². The highest BCUT2D eigenvalue weighted by Crippen LogP contribution is 2.41. The number of fused-ring (bicyclic) bond motifs is 3. The number of carbonyl (C=O) groups is 2. The predicted octanol–water partition coefficient (Wildman–Crippen LogP) is 1.98. The van der Waals surface area contributed by atoms with E-state index >= 15 is 0 Å². The van der Waals surface area contributed by atoms with Gasteiger partial charge in [0.1, 0.15) is 6.54 Å². The quantitative estimate of drug-likeness (QED) is 0.676. The van der Waals surface area contributed by atoms with Crippen molar-refractivity contribution < 1.29 is 19.8 Å². The standard InChI is InChI=1S/C15H13N3O4S/c1-6-3-8-9(4-16-6)23-14-11(8)7(2)18-12(13(14)21)15(22)17-5-10(19)20/h3-4,21H,5H2,1-2H3,(H,17,22)(H,19,20). The van der Waals surface area contributed by atoms with Crippen LogP contribution in [0.3, 0.4) is 0 Å². The van der Waals surface area contributed by atoms with E-state index in [2.05, 4.69) is 15.3 Å². The molecule has 0 spiro atoms. The van der Waals surface area contributed by atoms with Gasteiger partial charge in [-0.1, -0.05) is 0 Å². The average Bonchev–Trinajstić information content (AvgIpc) is 2.87. The third-order valence-corrected chi connectivity index (χ3v) is 4.56. The summed E-state index contributed by atoms with van der Waals surface area (Å²) in [6.45, 7) is 3.09. The summed E-state index contributed by atoms with van der Waals surface area (Å²) in [6, 6.07) is 1.91. The number of carboxylic acids is 1. The lowest BCUT2D eigenvalue weighted by Gasteiger charge is -2.07. The van der Waals surface area contributed by atoms with Crippen LogP contribution in [0.25, 0.3) is 20.2 Å². The maximum atomic E-state index is 12.0. The molecular formula is C15H13N3O4S. The summed E-state index contributed by atoms with van der Waals surface area (Å²) in [5, 5.41) is 22.9. The molecule has 0 aliphatic heterocycles. The predicted molar refractivity (Wildman–Crippen MR) is 86.0 cm³/mol. The zero-order valence-electron chi connectivity index (χ0n) is 12.4. The molecule has 8 heteroatoms. The number of thiophene rings is 1. The van der Waals surface area contributed by atoms with Crippen molar-refractivity contribution in [2.75, 3.05) is 6.54 Å². The molecule has 0 aliphatic rings. The monoisotopic (exact) mass is 331 g/mol. The van der Waals surface area contributed by atoms with Gasteiger partial charge in [-0.05, 0) is 19.9 Å². The Kier molecular flexibility index (Phi) is 3.61. The smallest absolute Gasteiger partial charge is 0.322 e. The first-order valence-corrected chi connectivity index (χ1v) is 7.58. The van der Waals surface area contributed by atoms with E-state index in [4.69, 9.17) is 5.11 Å². The summed E-state index contributed by atoms with van der Waals surface area (Å²) < 4.78 is 1.43. The molecule has 1 amide bonds. The van der Waals surface area contributed by atoms with Crippen molar-refractivity contribution in [1.29, 1.82) is 0 Å². The van der Waals surface area contributed by atoms with Gasteiger partial charge in [-0.15, -0.1) is 11.3 Å². The number of amides is 1. The van der Waals surface area contributed by atoms with Crippen molar-refractivity contribution in [3.8, 4) is 5.75 Å². The number of nitrogens with one attached hydrogen (secondary N) is 1. The van der Waals surface area contributed by atoms with Crippen molar-refractivity contribution >= 4 is 43.4 Å². The van der Waals surface area contributed by atoms with Crippen molar-refractivity contribution in [2.24, 2.45) is 0 Å². The largest absolute Gasteiger partial charge is 0.504 e. The average molecular weight is 331 g/mol. The first-order valence-electron chi connectivity index (χ1n) is 6.77. The molecule has 0 bridgehead atoms. The second-order valence-corrected chi connectivity index (χ2v) is 6.15. The lowest BCUT2D eigenvalue weighted by atomic mass is 10.1. The molecule has 7 nitrogen and oxygen atoms in total. The molecular weight excluding hydrogens is 318 g/mol. The van der Waals surface area contributed by atoms with E-state index in [-0.39, 0.29) is 11.4 Å². The van der Waals surface area contributed by atoms with Gasteiger partial charge in [0.15, 0.2) is 11.4 Å². The van der Waals surface area contributed by atoms with E-state index in [0.717, 1.165) is 21.2 Å². The lowest BCUT2D eigenvalue weighted by Crippen LogP contribution is -2.30. The molecule has 0 radical (unpaired) electrons. The minimum absolute atomic E-state index is 0.174. The highest BCUT2D eigenvalue weighted by atomic mass is 32.1. The molecule has 0 atom stereocenters. The number of hydrogen-bond acceptors (Lipinski definition) is 6. The number of rotatable bonds is 3. The van der Waals surface area contributed by atoms with Crippen LogP contribution in [0.2, 0.25) is 0 Å². The molecule has 3 heterocycles. The molecule has 118 valence electrons. The van der Waals surface area contributed by atoms with E-state index in [1.807, 2.05) is 13.0 Å². The zero-order valence-corrected chi connectivity index (χ0v) is 13.2. The maximum absolute atomic E-state index is 12.0. The number of aliphatic carboxylic acids is 1. The number of nitrogens with zero attached hydrogens (tertiary/aromatic N) is 2. The molecule has 0 unspecified atom stereocenters. The molecule has 0 saturated carbocycles. The van der Waals surface area contributed by atoms with Crippen LogP contribution in [0, 0.1) is 13.8 Å². The van der Waals surface area contributed by atoms with Crippen molar-refractivity contribution in [2.45, 2.75) is 13.8 Å². The van der Waals surface area contributed by atoms with E-state index < -0.39 is 18.4 Å². The Morgan fingerprint density at radius 3 is 2.78 bits per heavy atom. The van der Waals surface area contributed by atoms with Crippen LogP contribution in [0.15, 0.2) is 12.3 Å². The van der Waals surface area contributed by atoms with Gasteiger partial charge in [0.2, 0.25) is 0 Å². The number of pyridine rings is 2. The highest BCUT2D eigenvalue weighted by molar-refractivity contribution is 7.26. The molecule has 0 aromatic carbocycles. The minimum Gasteiger partial charge on any atom is -0.504 e. The summed E-state index contributed by atoms with van der Waals surface area (Å²) >= 11 is 1.32. The molecule has 0 aliphatic carbocycles. The number of aromatic nitrogens is 2. The van der Waals surface area contributed by atoms with Gasteiger partial charge in [-0.2, -0.15) is 0 Å². The molecule has 3 aromatic rings. The Morgan fingerprint density at radius 1 is 1.35 bits per heavy atom. The van der Waals surface area contributed by atoms with Crippen LogP contribution < -0.4 is 5.32 Å². The zero-order chi connectivity index (χ0) is 16.7. The Hall–Kier alpha value is -2.74. The van der Waals surface area contributed by atoms with Crippen molar-refractivity contribution in [3.05, 3.63) is 29.3 Å². The molecule has 3 N–H and O–H groups in total. The summed E-state index contributed by atoms with van der Waals surface area (Å²) in [6.07, 6.45) is 1.72. The summed E-state index contributed by atoms with van der Waals surface area (Å²) in [5.74, 6) is -2.13. The molecule has 0 saturated heterocycles. The third-order valence-electron chi connectivity index (χ3n) is 3.41. The topological polar surface area (TPSA) is 112 Å². The summed E-state index contributed by atoms with van der Waals surface area (Å²) in [7, 11) is 0. The molecule has 0 fully saturated rings. The number of carbonyl (C=O) groups excluding carboxylic acids is 1. The SMILES string of the molecule is Cc1cc2c(cn1)sc1c(O)c(C(=O)NCC(=O)O)nc(C)c12. The molecule has 3 aromatic heterocycles. The van der Waals surface area contributed by atoms with Crippen LogP contribution in [0.4, 0.5) is 0 Å². The van der Waals surface area contributed by atoms with E-state index in [0.29, 0.717) is 10.4 Å². The normalized spacial score (nSPS) is 11.0. The fraction of sp³-hybridized carbons (Fsp3) is 0.200. The van der Waals surface area contributed by atoms with Gasteiger partial charge in [-0.25, -0.2) is 4.98 Å².